The minimum Gasteiger partial charge on any atom is -0.376 e. The fraction of sp³-hybridized carbons (Fsp3) is 1.00. The number of hydrogen-bond donors (Lipinski definition) is 1. The topological polar surface area (TPSA) is 24.5 Å². The van der Waals surface area contributed by atoms with Gasteiger partial charge in [-0.2, -0.15) is 0 Å². The van der Waals surface area contributed by atoms with E-state index in [-0.39, 0.29) is 0 Å². The van der Waals surface area contributed by atoms with Gasteiger partial charge in [0.2, 0.25) is 0 Å². The van der Waals surface area contributed by atoms with Crippen molar-refractivity contribution in [1.29, 1.82) is 0 Å². The van der Waals surface area contributed by atoms with Crippen molar-refractivity contribution in [1.82, 2.24) is 10.2 Å². The Morgan fingerprint density at radius 3 is 2.80 bits per heavy atom. The standard InChI is InChI=1S/C12H26N2O/c1-5-6-12(13-4)8-14-7-11(3)15-9-10(14)2/h10-13H,5-9H2,1-4H3. The monoisotopic (exact) mass is 214 g/mol. The van der Waals surface area contributed by atoms with Crippen LogP contribution in [0.5, 0.6) is 0 Å². The molecule has 1 rings (SSSR count). The third-order valence-corrected chi connectivity index (χ3v) is 3.24. The van der Waals surface area contributed by atoms with Gasteiger partial charge in [-0.15, -0.1) is 0 Å². The van der Waals surface area contributed by atoms with Crippen molar-refractivity contribution in [2.45, 2.75) is 51.8 Å². The quantitative estimate of drug-likeness (QED) is 0.750. The number of rotatable bonds is 5. The molecule has 0 radical (unpaired) electrons. The van der Waals surface area contributed by atoms with Crippen molar-refractivity contribution >= 4 is 0 Å². The fourth-order valence-electron chi connectivity index (χ4n) is 2.18. The Morgan fingerprint density at radius 2 is 2.20 bits per heavy atom. The van der Waals surface area contributed by atoms with Gasteiger partial charge >= 0.3 is 0 Å². The van der Waals surface area contributed by atoms with Crippen LogP contribution in [0, 0.1) is 0 Å². The molecule has 1 fully saturated rings. The Kier molecular flexibility index (Phi) is 5.58. The summed E-state index contributed by atoms with van der Waals surface area (Å²) < 4.78 is 5.63. The lowest BCUT2D eigenvalue weighted by Crippen LogP contribution is -2.51. The summed E-state index contributed by atoms with van der Waals surface area (Å²) in [6.45, 7) is 9.76. The van der Waals surface area contributed by atoms with Gasteiger partial charge < -0.3 is 10.1 Å². The van der Waals surface area contributed by atoms with Crippen LogP contribution in [0.2, 0.25) is 0 Å². The molecule has 3 unspecified atom stereocenters. The zero-order valence-corrected chi connectivity index (χ0v) is 10.6. The van der Waals surface area contributed by atoms with Crippen LogP contribution in [0.3, 0.4) is 0 Å². The lowest BCUT2D eigenvalue weighted by molar-refractivity contribution is -0.0520. The van der Waals surface area contributed by atoms with E-state index in [9.17, 15) is 0 Å². The zero-order valence-electron chi connectivity index (χ0n) is 10.6. The average Bonchev–Trinajstić information content (AvgIpc) is 2.22. The highest BCUT2D eigenvalue weighted by Gasteiger charge is 2.24. The van der Waals surface area contributed by atoms with E-state index in [1.807, 2.05) is 0 Å². The van der Waals surface area contributed by atoms with Crippen LogP contribution in [0.25, 0.3) is 0 Å². The van der Waals surface area contributed by atoms with Gasteiger partial charge in [0, 0.05) is 25.2 Å². The fourth-order valence-corrected chi connectivity index (χ4v) is 2.18. The zero-order chi connectivity index (χ0) is 11.3. The number of nitrogens with one attached hydrogen (secondary N) is 1. The number of morpholine rings is 1. The van der Waals surface area contributed by atoms with Crippen molar-refractivity contribution < 1.29 is 4.74 Å². The molecule has 90 valence electrons. The van der Waals surface area contributed by atoms with Gasteiger partial charge in [0.05, 0.1) is 12.7 Å². The first-order chi connectivity index (χ1) is 7.17. The van der Waals surface area contributed by atoms with Gasteiger partial charge in [-0.05, 0) is 27.3 Å². The van der Waals surface area contributed by atoms with Gasteiger partial charge in [-0.3, -0.25) is 4.90 Å². The Morgan fingerprint density at radius 1 is 1.47 bits per heavy atom. The lowest BCUT2D eigenvalue weighted by Gasteiger charge is -2.38. The molecule has 1 N–H and O–H groups in total. The molecule has 1 aliphatic heterocycles. The molecule has 0 aromatic rings. The Hall–Kier alpha value is -0.120. The minimum absolute atomic E-state index is 0.389. The van der Waals surface area contributed by atoms with E-state index < -0.39 is 0 Å². The molecule has 3 heteroatoms. The summed E-state index contributed by atoms with van der Waals surface area (Å²) in [5, 5.41) is 3.40. The molecule has 3 atom stereocenters. The van der Waals surface area contributed by atoms with Crippen LogP contribution >= 0.6 is 0 Å². The van der Waals surface area contributed by atoms with Crippen molar-refractivity contribution in [3.8, 4) is 0 Å². The van der Waals surface area contributed by atoms with E-state index in [4.69, 9.17) is 4.74 Å². The third-order valence-electron chi connectivity index (χ3n) is 3.24. The van der Waals surface area contributed by atoms with Crippen LogP contribution in [-0.4, -0.2) is 49.8 Å². The highest BCUT2D eigenvalue weighted by molar-refractivity contribution is 4.79. The summed E-state index contributed by atoms with van der Waals surface area (Å²) in [5.74, 6) is 0. The molecule has 3 nitrogen and oxygen atoms in total. The lowest BCUT2D eigenvalue weighted by atomic mass is 10.1. The molecule has 0 bridgehead atoms. The van der Waals surface area contributed by atoms with Crippen LogP contribution in [-0.2, 0) is 4.74 Å². The van der Waals surface area contributed by atoms with Gasteiger partial charge in [0.15, 0.2) is 0 Å². The average molecular weight is 214 g/mol. The maximum Gasteiger partial charge on any atom is 0.0674 e. The molecule has 0 saturated carbocycles. The van der Waals surface area contributed by atoms with E-state index in [2.05, 4.69) is 38.0 Å². The normalized spacial score (nSPS) is 30.4. The van der Waals surface area contributed by atoms with Gasteiger partial charge in [-0.25, -0.2) is 0 Å². The predicted octanol–water partition coefficient (Wildman–Crippen LogP) is 1.48. The molecule has 0 aromatic heterocycles. The second-order valence-electron chi connectivity index (χ2n) is 4.72. The van der Waals surface area contributed by atoms with Crippen molar-refractivity contribution in [2.75, 3.05) is 26.7 Å². The van der Waals surface area contributed by atoms with Gasteiger partial charge in [-0.1, -0.05) is 13.3 Å². The molecule has 1 aliphatic rings. The highest BCUT2D eigenvalue weighted by Crippen LogP contribution is 2.12. The van der Waals surface area contributed by atoms with Crippen LogP contribution in [0.1, 0.15) is 33.6 Å². The molecule has 1 heterocycles. The molecule has 15 heavy (non-hydrogen) atoms. The van der Waals surface area contributed by atoms with E-state index in [1.165, 1.54) is 12.8 Å². The molecule has 0 aromatic carbocycles. The van der Waals surface area contributed by atoms with Crippen molar-refractivity contribution in [3.05, 3.63) is 0 Å². The van der Waals surface area contributed by atoms with Crippen molar-refractivity contribution in [2.24, 2.45) is 0 Å². The second kappa shape index (κ2) is 6.46. The van der Waals surface area contributed by atoms with E-state index in [0.717, 1.165) is 19.7 Å². The molecule has 0 amide bonds. The van der Waals surface area contributed by atoms with E-state index in [0.29, 0.717) is 18.2 Å². The maximum absolute atomic E-state index is 5.63. The Balaban J connectivity index is 2.39. The predicted molar refractivity (Wildman–Crippen MR) is 64.2 cm³/mol. The minimum atomic E-state index is 0.389. The second-order valence-corrected chi connectivity index (χ2v) is 4.72. The molecule has 0 aliphatic carbocycles. The van der Waals surface area contributed by atoms with Crippen LogP contribution in [0.4, 0.5) is 0 Å². The first kappa shape index (κ1) is 12.9. The van der Waals surface area contributed by atoms with E-state index >= 15 is 0 Å². The SMILES string of the molecule is CCCC(CN1CC(C)OCC1C)NC. The summed E-state index contributed by atoms with van der Waals surface area (Å²) in [6.07, 6.45) is 2.90. The smallest absolute Gasteiger partial charge is 0.0674 e. The first-order valence-electron chi connectivity index (χ1n) is 6.20. The Bertz CT molecular complexity index is 175. The number of nitrogens with zero attached hydrogens (tertiary/aromatic N) is 1. The molecular weight excluding hydrogens is 188 g/mol. The Labute approximate surface area is 94.2 Å². The number of ether oxygens (including phenoxy) is 1. The van der Waals surface area contributed by atoms with Crippen molar-refractivity contribution in [3.63, 3.8) is 0 Å². The highest BCUT2D eigenvalue weighted by atomic mass is 16.5. The number of likely N-dealkylation sites (N-methyl/N-ethyl adjacent to an activating group) is 1. The summed E-state index contributed by atoms with van der Waals surface area (Å²) in [5.41, 5.74) is 0. The number of hydrogen-bond acceptors (Lipinski definition) is 3. The molecular formula is C12H26N2O. The van der Waals surface area contributed by atoms with Crippen LogP contribution < -0.4 is 5.32 Å². The largest absolute Gasteiger partial charge is 0.376 e. The van der Waals surface area contributed by atoms with Gasteiger partial charge in [0.1, 0.15) is 0 Å². The molecule has 0 spiro atoms. The van der Waals surface area contributed by atoms with Crippen LogP contribution in [0.15, 0.2) is 0 Å². The maximum atomic E-state index is 5.63. The first-order valence-corrected chi connectivity index (χ1v) is 6.20. The summed E-state index contributed by atoms with van der Waals surface area (Å²) in [6, 6.07) is 1.19. The van der Waals surface area contributed by atoms with Gasteiger partial charge in [0.25, 0.3) is 0 Å². The third kappa shape index (κ3) is 4.09. The summed E-state index contributed by atoms with van der Waals surface area (Å²) in [4.78, 5) is 2.55. The summed E-state index contributed by atoms with van der Waals surface area (Å²) in [7, 11) is 2.06. The molecule has 1 saturated heterocycles. The summed E-state index contributed by atoms with van der Waals surface area (Å²) >= 11 is 0. The van der Waals surface area contributed by atoms with E-state index in [1.54, 1.807) is 0 Å².